The third-order valence-corrected chi connectivity index (χ3v) is 6.54. The fraction of sp³-hybridized carbons (Fsp3) is 0.185. The highest BCUT2D eigenvalue weighted by Crippen LogP contribution is 2.33. The number of amidine groups is 1. The summed E-state index contributed by atoms with van der Waals surface area (Å²) in [7, 11) is 0. The number of hydrogen-bond acceptors (Lipinski definition) is 6. The minimum Gasteiger partial charge on any atom is -0.494 e. The molecule has 1 saturated heterocycles. The molecular formula is C27H25N3O5S. The van der Waals surface area contributed by atoms with E-state index < -0.39 is 11.2 Å². The molecule has 4 rings (SSSR count). The minimum atomic E-state index is -1.04. The molecule has 9 heteroatoms. The first-order valence-corrected chi connectivity index (χ1v) is 12.3. The molecule has 36 heavy (non-hydrogen) atoms. The number of anilines is 1. The maximum atomic E-state index is 13.3. The normalized spacial score (nSPS) is 16.2. The molecule has 0 aliphatic carbocycles. The number of thioether (sulfide) groups is 1. The van der Waals surface area contributed by atoms with Gasteiger partial charge in [-0.2, -0.15) is 0 Å². The van der Waals surface area contributed by atoms with Crippen LogP contribution in [0.3, 0.4) is 0 Å². The molecule has 1 atom stereocenters. The number of carboxylic acid groups (broad SMARTS) is 1. The van der Waals surface area contributed by atoms with E-state index in [1.165, 1.54) is 36.0 Å². The first kappa shape index (κ1) is 25.0. The maximum Gasteiger partial charge on any atom is 0.335 e. The summed E-state index contributed by atoms with van der Waals surface area (Å²) < 4.78 is 5.48. The monoisotopic (exact) mass is 503 g/mol. The summed E-state index contributed by atoms with van der Waals surface area (Å²) in [5.74, 6) is -0.835. The van der Waals surface area contributed by atoms with Gasteiger partial charge in [-0.1, -0.05) is 42.1 Å². The topological polar surface area (TPSA) is 108 Å². The van der Waals surface area contributed by atoms with Crippen molar-refractivity contribution in [3.63, 3.8) is 0 Å². The molecule has 184 valence electrons. The van der Waals surface area contributed by atoms with Gasteiger partial charge in [0.2, 0.25) is 11.8 Å². The van der Waals surface area contributed by atoms with Crippen LogP contribution in [-0.4, -0.2) is 44.8 Å². The van der Waals surface area contributed by atoms with E-state index in [2.05, 4.69) is 5.32 Å². The maximum absolute atomic E-state index is 13.3. The van der Waals surface area contributed by atoms with Gasteiger partial charge >= 0.3 is 5.97 Å². The van der Waals surface area contributed by atoms with Crippen molar-refractivity contribution in [1.82, 2.24) is 4.90 Å². The third kappa shape index (κ3) is 6.31. The Balaban J connectivity index is 1.50. The number of carbonyl (C=O) groups excluding carboxylic acids is 2. The standard InChI is InChI=1S/C27H25N3O5S/c1-2-35-22-14-12-21(13-15-22)29-27-30(17-18-6-4-3-5-7-18)25(32)23(36-27)16-24(31)28-20-10-8-19(9-11-20)26(33)34/h3-15,23H,2,16-17H2,1H3,(H,28,31)(H,33,34)/t23-/m0/s1. The summed E-state index contributed by atoms with van der Waals surface area (Å²) in [6, 6.07) is 22.8. The molecule has 0 bridgehead atoms. The second kappa shape index (κ2) is 11.5. The zero-order valence-electron chi connectivity index (χ0n) is 19.6. The summed E-state index contributed by atoms with van der Waals surface area (Å²) in [5, 5.41) is 11.7. The molecule has 1 fully saturated rings. The van der Waals surface area contributed by atoms with Gasteiger partial charge in [0.05, 0.1) is 24.4 Å². The molecule has 0 unspecified atom stereocenters. The quantitative estimate of drug-likeness (QED) is 0.428. The van der Waals surface area contributed by atoms with E-state index in [-0.39, 0.29) is 23.8 Å². The van der Waals surface area contributed by atoms with E-state index in [9.17, 15) is 14.4 Å². The molecule has 2 N–H and O–H groups in total. The number of carbonyl (C=O) groups is 3. The lowest BCUT2D eigenvalue weighted by Crippen LogP contribution is -2.33. The molecule has 8 nitrogen and oxygen atoms in total. The van der Waals surface area contributed by atoms with Gasteiger partial charge in [-0.25, -0.2) is 9.79 Å². The number of benzene rings is 3. The molecule has 1 aliphatic rings. The molecule has 0 radical (unpaired) electrons. The van der Waals surface area contributed by atoms with Gasteiger partial charge in [-0.05, 0) is 61.0 Å². The molecule has 0 saturated carbocycles. The lowest BCUT2D eigenvalue weighted by Gasteiger charge is -2.16. The number of aromatic carboxylic acids is 1. The number of ether oxygens (including phenoxy) is 1. The van der Waals surface area contributed by atoms with Gasteiger partial charge in [0.25, 0.3) is 0 Å². The van der Waals surface area contributed by atoms with Gasteiger partial charge in [0.15, 0.2) is 5.17 Å². The van der Waals surface area contributed by atoms with Gasteiger partial charge < -0.3 is 15.2 Å². The Kier molecular flexibility index (Phi) is 8.02. The predicted molar refractivity (Wildman–Crippen MR) is 140 cm³/mol. The number of nitrogens with one attached hydrogen (secondary N) is 1. The van der Waals surface area contributed by atoms with Crippen molar-refractivity contribution in [2.24, 2.45) is 4.99 Å². The van der Waals surface area contributed by atoms with Gasteiger partial charge in [0.1, 0.15) is 11.0 Å². The van der Waals surface area contributed by atoms with Crippen molar-refractivity contribution in [2.75, 3.05) is 11.9 Å². The predicted octanol–water partition coefficient (Wildman–Crippen LogP) is 4.94. The summed E-state index contributed by atoms with van der Waals surface area (Å²) >= 11 is 1.26. The van der Waals surface area contributed by atoms with Gasteiger partial charge in [-0.3, -0.25) is 14.5 Å². The van der Waals surface area contributed by atoms with Crippen LogP contribution in [-0.2, 0) is 16.1 Å². The molecular weight excluding hydrogens is 478 g/mol. The Hall–Kier alpha value is -4.11. The van der Waals surface area contributed by atoms with Crippen LogP contribution in [0.1, 0.15) is 29.3 Å². The van der Waals surface area contributed by atoms with E-state index in [1.807, 2.05) is 61.5 Å². The number of rotatable bonds is 9. The fourth-order valence-corrected chi connectivity index (χ4v) is 4.76. The minimum absolute atomic E-state index is 0.0439. The highest BCUT2D eigenvalue weighted by atomic mass is 32.2. The van der Waals surface area contributed by atoms with Crippen LogP contribution >= 0.6 is 11.8 Å². The number of hydrogen-bond donors (Lipinski definition) is 2. The Morgan fingerprint density at radius 2 is 1.72 bits per heavy atom. The Labute approximate surface area is 213 Å². The highest BCUT2D eigenvalue weighted by Gasteiger charge is 2.39. The van der Waals surface area contributed by atoms with E-state index in [1.54, 1.807) is 4.90 Å². The molecule has 0 aromatic heterocycles. The first-order chi connectivity index (χ1) is 17.4. The lowest BCUT2D eigenvalue weighted by molar-refractivity contribution is -0.128. The van der Waals surface area contributed by atoms with Crippen molar-refractivity contribution in [1.29, 1.82) is 0 Å². The fourth-order valence-electron chi connectivity index (χ4n) is 3.61. The molecule has 2 amide bonds. The van der Waals surface area contributed by atoms with Crippen molar-refractivity contribution in [2.45, 2.75) is 25.1 Å². The molecule has 3 aromatic carbocycles. The van der Waals surface area contributed by atoms with Crippen LogP contribution < -0.4 is 10.1 Å². The second-order valence-corrected chi connectivity index (χ2v) is 9.14. The average molecular weight is 504 g/mol. The van der Waals surface area contributed by atoms with Crippen molar-refractivity contribution < 1.29 is 24.2 Å². The number of nitrogens with zero attached hydrogens (tertiary/aromatic N) is 2. The summed E-state index contributed by atoms with van der Waals surface area (Å²) in [6.45, 7) is 2.82. The number of aliphatic imine (C=N–C) groups is 1. The SMILES string of the molecule is CCOc1ccc(N=C2S[C@@H](CC(=O)Nc3ccc(C(=O)O)cc3)C(=O)N2Cc2ccccc2)cc1. The van der Waals surface area contributed by atoms with E-state index in [0.717, 1.165) is 11.3 Å². The Morgan fingerprint density at radius 3 is 2.36 bits per heavy atom. The summed E-state index contributed by atoms with van der Waals surface area (Å²) in [5.41, 5.74) is 2.22. The summed E-state index contributed by atoms with van der Waals surface area (Å²) in [4.78, 5) is 43.3. The molecule has 0 spiro atoms. The zero-order chi connectivity index (χ0) is 25.5. The smallest absolute Gasteiger partial charge is 0.335 e. The lowest BCUT2D eigenvalue weighted by atomic mass is 10.2. The second-order valence-electron chi connectivity index (χ2n) is 7.97. The van der Waals surface area contributed by atoms with Gasteiger partial charge in [-0.15, -0.1) is 0 Å². The zero-order valence-corrected chi connectivity index (χ0v) is 20.4. The number of amides is 2. The van der Waals surface area contributed by atoms with Crippen LogP contribution in [0.4, 0.5) is 11.4 Å². The summed E-state index contributed by atoms with van der Waals surface area (Å²) in [6.07, 6.45) is -0.0439. The van der Waals surface area contributed by atoms with Crippen LogP contribution in [0.15, 0.2) is 83.9 Å². The van der Waals surface area contributed by atoms with E-state index in [4.69, 9.17) is 14.8 Å². The molecule has 1 aliphatic heterocycles. The Morgan fingerprint density at radius 1 is 1.03 bits per heavy atom. The molecule has 3 aromatic rings. The Bertz CT molecular complexity index is 1260. The van der Waals surface area contributed by atoms with Crippen LogP contribution in [0.25, 0.3) is 0 Å². The largest absolute Gasteiger partial charge is 0.494 e. The van der Waals surface area contributed by atoms with Crippen LogP contribution in [0, 0.1) is 0 Å². The number of carboxylic acids is 1. The van der Waals surface area contributed by atoms with E-state index >= 15 is 0 Å². The first-order valence-electron chi connectivity index (χ1n) is 11.4. The van der Waals surface area contributed by atoms with Gasteiger partial charge in [0, 0.05) is 12.1 Å². The van der Waals surface area contributed by atoms with Crippen molar-refractivity contribution in [3.05, 3.63) is 90.0 Å². The van der Waals surface area contributed by atoms with Crippen molar-refractivity contribution >= 4 is 46.1 Å². The van der Waals surface area contributed by atoms with Crippen LogP contribution in [0.2, 0.25) is 0 Å². The molecule has 1 heterocycles. The third-order valence-electron chi connectivity index (χ3n) is 5.36. The van der Waals surface area contributed by atoms with E-state index in [0.29, 0.717) is 29.7 Å². The van der Waals surface area contributed by atoms with Crippen LogP contribution in [0.5, 0.6) is 5.75 Å². The van der Waals surface area contributed by atoms with Crippen molar-refractivity contribution in [3.8, 4) is 5.75 Å². The average Bonchev–Trinajstić information content (AvgIpc) is 3.15. The highest BCUT2D eigenvalue weighted by molar-refractivity contribution is 8.15.